The van der Waals surface area contributed by atoms with Gasteiger partial charge in [0, 0.05) is 32.8 Å². The third kappa shape index (κ3) is 6.95. The van der Waals surface area contributed by atoms with Crippen molar-refractivity contribution in [1.29, 1.82) is 0 Å². The van der Waals surface area contributed by atoms with Gasteiger partial charge >= 0.3 is 0 Å². The number of hydrogen-bond donors (Lipinski definition) is 2. The van der Waals surface area contributed by atoms with Gasteiger partial charge in [-0.15, -0.1) is 24.0 Å². The standard InChI is InChI=1S/C18H21F2N3O.HI/c1-21-18(22-10-13-4-3-5-16(19)9-13)23-11-14-6-7-17(20)15(8-14)12-24-2;/h3-9H,10-12H2,1-2H3,(H2,21,22,23);1H. The van der Waals surface area contributed by atoms with E-state index in [1.54, 1.807) is 25.2 Å². The summed E-state index contributed by atoms with van der Waals surface area (Å²) in [6.07, 6.45) is 0. The molecule has 0 spiro atoms. The molecule has 0 aliphatic carbocycles. The van der Waals surface area contributed by atoms with Crippen molar-refractivity contribution in [3.8, 4) is 0 Å². The lowest BCUT2D eigenvalue weighted by Gasteiger charge is -2.13. The van der Waals surface area contributed by atoms with Crippen molar-refractivity contribution in [2.24, 2.45) is 4.99 Å². The van der Waals surface area contributed by atoms with Gasteiger partial charge in [-0.2, -0.15) is 0 Å². The van der Waals surface area contributed by atoms with Gasteiger partial charge in [-0.1, -0.05) is 18.2 Å². The number of benzene rings is 2. The lowest BCUT2D eigenvalue weighted by Crippen LogP contribution is -2.36. The third-order valence-electron chi connectivity index (χ3n) is 3.44. The van der Waals surface area contributed by atoms with E-state index in [0.29, 0.717) is 24.6 Å². The summed E-state index contributed by atoms with van der Waals surface area (Å²) in [6, 6.07) is 11.3. The van der Waals surface area contributed by atoms with E-state index < -0.39 is 0 Å². The topological polar surface area (TPSA) is 45.7 Å². The van der Waals surface area contributed by atoms with E-state index in [-0.39, 0.29) is 42.2 Å². The van der Waals surface area contributed by atoms with Crippen LogP contribution in [0.15, 0.2) is 47.5 Å². The van der Waals surface area contributed by atoms with Crippen LogP contribution in [0.5, 0.6) is 0 Å². The number of methoxy groups -OCH3 is 1. The fourth-order valence-electron chi connectivity index (χ4n) is 2.24. The fourth-order valence-corrected chi connectivity index (χ4v) is 2.24. The molecule has 136 valence electrons. The summed E-state index contributed by atoms with van der Waals surface area (Å²) in [4.78, 5) is 4.12. The Hall–Kier alpha value is -1.74. The van der Waals surface area contributed by atoms with Crippen molar-refractivity contribution in [1.82, 2.24) is 10.6 Å². The molecule has 0 bridgehead atoms. The van der Waals surface area contributed by atoms with Gasteiger partial charge < -0.3 is 15.4 Å². The number of ether oxygens (including phenoxy) is 1. The summed E-state index contributed by atoms with van der Waals surface area (Å²) >= 11 is 0. The van der Waals surface area contributed by atoms with Crippen molar-refractivity contribution in [2.75, 3.05) is 14.2 Å². The maximum absolute atomic E-state index is 13.6. The molecule has 0 atom stereocenters. The number of hydrogen-bond acceptors (Lipinski definition) is 2. The molecule has 0 saturated heterocycles. The highest BCUT2D eigenvalue weighted by molar-refractivity contribution is 14.0. The van der Waals surface area contributed by atoms with Gasteiger partial charge in [0.25, 0.3) is 0 Å². The number of nitrogens with zero attached hydrogens (tertiary/aromatic N) is 1. The summed E-state index contributed by atoms with van der Waals surface area (Å²) in [5.74, 6) is 0.0281. The zero-order valence-electron chi connectivity index (χ0n) is 14.2. The predicted molar refractivity (Wildman–Crippen MR) is 106 cm³/mol. The zero-order valence-corrected chi connectivity index (χ0v) is 16.5. The summed E-state index contributed by atoms with van der Waals surface area (Å²) in [5, 5.41) is 6.25. The molecule has 0 heterocycles. The van der Waals surface area contributed by atoms with E-state index in [4.69, 9.17) is 4.74 Å². The van der Waals surface area contributed by atoms with E-state index in [1.165, 1.54) is 25.3 Å². The van der Waals surface area contributed by atoms with E-state index in [1.807, 2.05) is 6.07 Å². The van der Waals surface area contributed by atoms with Gasteiger partial charge in [-0.05, 0) is 35.4 Å². The Labute approximate surface area is 163 Å². The molecule has 0 aromatic heterocycles. The molecule has 2 rings (SSSR count). The first kappa shape index (κ1) is 21.3. The second-order valence-electron chi connectivity index (χ2n) is 5.27. The minimum atomic E-state index is -0.283. The van der Waals surface area contributed by atoms with Crippen LogP contribution < -0.4 is 10.6 Å². The molecule has 2 N–H and O–H groups in total. The van der Waals surface area contributed by atoms with Gasteiger partial charge in [-0.3, -0.25) is 4.99 Å². The Morgan fingerprint density at radius 2 is 1.72 bits per heavy atom. The molecule has 7 heteroatoms. The molecule has 0 radical (unpaired) electrons. The van der Waals surface area contributed by atoms with E-state index in [0.717, 1.165) is 11.1 Å². The van der Waals surface area contributed by atoms with Crippen LogP contribution in [-0.2, 0) is 24.4 Å². The van der Waals surface area contributed by atoms with Crippen LogP contribution in [0.25, 0.3) is 0 Å². The Morgan fingerprint density at radius 3 is 2.32 bits per heavy atom. The molecule has 0 saturated carbocycles. The van der Waals surface area contributed by atoms with Crippen molar-refractivity contribution < 1.29 is 13.5 Å². The number of halogens is 3. The minimum Gasteiger partial charge on any atom is -0.380 e. The zero-order chi connectivity index (χ0) is 17.4. The van der Waals surface area contributed by atoms with E-state index in [2.05, 4.69) is 15.6 Å². The quantitative estimate of drug-likeness (QED) is 0.393. The smallest absolute Gasteiger partial charge is 0.191 e. The van der Waals surface area contributed by atoms with Crippen molar-refractivity contribution in [3.05, 3.63) is 70.8 Å². The Bertz CT molecular complexity index is 710. The van der Waals surface area contributed by atoms with Crippen LogP contribution in [0.2, 0.25) is 0 Å². The number of aliphatic imine (C=N–C) groups is 1. The Morgan fingerprint density at radius 1 is 1.04 bits per heavy atom. The number of rotatable bonds is 6. The normalized spacial score (nSPS) is 11.0. The van der Waals surface area contributed by atoms with Gasteiger partial charge in [0.05, 0.1) is 6.61 Å². The van der Waals surface area contributed by atoms with Crippen LogP contribution in [0.4, 0.5) is 8.78 Å². The molecular weight excluding hydrogens is 439 g/mol. The molecule has 2 aromatic rings. The number of nitrogens with one attached hydrogen (secondary N) is 2. The molecule has 0 aliphatic heterocycles. The van der Waals surface area contributed by atoms with Crippen molar-refractivity contribution in [2.45, 2.75) is 19.7 Å². The van der Waals surface area contributed by atoms with Crippen LogP contribution in [0.3, 0.4) is 0 Å². The molecule has 0 amide bonds. The van der Waals surface area contributed by atoms with Crippen LogP contribution in [0.1, 0.15) is 16.7 Å². The highest BCUT2D eigenvalue weighted by atomic mass is 127. The molecule has 0 fully saturated rings. The van der Waals surface area contributed by atoms with Gasteiger partial charge in [-0.25, -0.2) is 8.78 Å². The molecule has 4 nitrogen and oxygen atoms in total. The highest BCUT2D eigenvalue weighted by Gasteiger charge is 2.05. The lowest BCUT2D eigenvalue weighted by molar-refractivity contribution is 0.181. The summed E-state index contributed by atoms with van der Waals surface area (Å²) < 4.78 is 31.7. The van der Waals surface area contributed by atoms with Gasteiger partial charge in [0.15, 0.2) is 5.96 Å². The van der Waals surface area contributed by atoms with E-state index >= 15 is 0 Å². The average molecular weight is 461 g/mol. The van der Waals surface area contributed by atoms with Gasteiger partial charge in [0.2, 0.25) is 0 Å². The van der Waals surface area contributed by atoms with E-state index in [9.17, 15) is 8.78 Å². The molecular formula is C18H22F2IN3O. The third-order valence-corrected chi connectivity index (χ3v) is 3.44. The first-order valence-electron chi connectivity index (χ1n) is 7.57. The largest absolute Gasteiger partial charge is 0.380 e. The summed E-state index contributed by atoms with van der Waals surface area (Å²) in [5.41, 5.74) is 2.25. The van der Waals surface area contributed by atoms with Crippen molar-refractivity contribution >= 4 is 29.9 Å². The van der Waals surface area contributed by atoms with Crippen LogP contribution >= 0.6 is 24.0 Å². The maximum atomic E-state index is 13.6. The monoisotopic (exact) mass is 461 g/mol. The number of guanidine groups is 1. The SMILES string of the molecule is CN=C(NCc1cccc(F)c1)NCc1ccc(F)c(COC)c1.I. The average Bonchev–Trinajstić information content (AvgIpc) is 2.58. The Balaban J connectivity index is 0.00000312. The highest BCUT2D eigenvalue weighted by Crippen LogP contribution is 2.11. The molecule has 0 aliphatic rings. The van der Waals surface area contributed by atoms with Crippen LogP contribution in [0, 0.1) is 11.6 Å². The summed E-state index contributed by atoms with van der Waals surface area (Å²) in [7, 11) is 3.18. The molecule has 2 aromatic carbocycles. The second-order valence-corrected chi connectivity index (χ2v) is 5.27. The summed E-state index contributed by atoms with van der Waals surface area (Å²) in [6.45, 7) is 1.17. The first-order valence-corrected chi connectivity index (χ1v) is 7.57. The molecule has 25 heavy (non-hydrogen) atoms. The van der Waals surface area contributed by atoms with Gasteiger partial charge in [0.1, 0.15) is 11.6 Å². The minimum absolute atomic E-state index is 0. The first-order chi connectivity index (χ1) is 11.6. The van der Waals surface area contributed by atoms with Crippen LogP contribution in [-0.4, -0.2) is 20.1 Å². The Kier molecular flexibility index (Phi) is 9.36. The molecule has 0 unspecified atom stereocenters. The lowest BCUT2D eigenvalue weighted by atomic mass is 10.1. The maximum Gasteiger partial charge on any atom is 0.191 e. The fraction of sp³-hybridized carbons (Fsp3) is 0.278. The predicted octanol–water partition coefficient (Wildman–Crippen LogP) is 3.59. The van der Waals surface area contributed by atoms with Crippen molar-refractivity contribution in [3.63, 3.8) is 0 Å². The second kappa shape index (κ2) is 11.0.